The molecule has 8 aromatic rings. The van der Waals surface area contributed by atoms with Crippen molar-refractivity contribution in [3.05, 3.63) is 132 Å². The molecule has 0 aliphatic heterocycles. The van der Waals surface area contributed by atoms with Crippen molar-refractivity contribution in [1.82, 2.24) is 19.5 Å². The van der Waals surface area contributed by atoms with Crippen LogP contribution in [0, 0.1) is 26.0 Å². The van der Waals surface area contributed by atoms with Gasteiger partial charge in [0.15, 0.2) is 0 Å². The number of fused-ring (bicyclic) bond motifs is 4. The number of furan rings is 1. The summed E-state index contributed by atoms with van der Waals surface area (Å²) in [6, 6.07) is 40.0. The van der Waals surface area contributed by atoms with Crippen LogP contribution in [0.4, 0.5) is 0 Å². The molecule has 1 radical (unpaired) electrons. The molecular formula is C46H46IrN4OSi-2. The fourth-order valence-electron chi connectivity index (χ4n) is 7.03. The Morgan fingerprint density at radius 1 is 0.774 bits per heavy atom. The summed E-state index contributed by atoms with van der Waals surface area (Å²) in [5.41, 5.74) is 12.2. The van der Waals surface area contributed by atoms with Gasteiger partial charge in [0.05, 0.1) is 36.2 Å². The van der Waals surface area contributed by atoms with Crippen LogP contribution in [0.5, 0.6) is 0 Å². The largest absolute Gasteiger partial charge is 0.486 e. The van der Waals surface area contributed by atoms with E-state index in [1.54, 1.807) is 0 Å². The maximum atomic E-state index is 6.45. The minimum Gasteiger partial charge on any atom is -0.486 e. The molecular weight excluding hydrogens is 845 g/mol. The second kappa shape index (κ2) is 15.4. The van der Waals surface area contributed by atoms with Gasteiger partial charge in [0.2, 0.25) is 5.71 Å². The number of rotatable bonds is 6. The molecule has 0 amide bonds. The van der Waals surface area contributed by atoms with Crippen LogP contribution in [-0.4, -0.2) is 27.6 Å². The van der Waals surface area contributed by atoms with Gasteiger partial charge in [0.25, 0.3) is 0 Å². The fourth-order valence-corrected chi connectivity index (χ4v) is 8.71. The third kappa shape index (κ3) is 7.44. The van der Waals surface area contributed by atoms with Crippen molar-refractivity contribution in [2.24, 2.45) is 0 Å². The molecule has 5 nitrogen and oxygen atoms in total. The molecule has 0 N–H and O–H groups in total. The Labute approximate surface area is 327 Å². The van der Waals surface area contributed by atoms with Crippen LogP contribution in [0.15, 0.2) is 108 Å². The Morgan fingerprint density at radius 2 is 1.53 bits per heavy atom. The molecule has 4 heterocycles. The maximum Gasteiger partial charge on any atom is 0.216 e. The van der Waals surface area contributed by atoms with Gasteiger partial charge in [-0.1, -0.05) is 105 Å². The third-order valence-electron chi connectivity index (χ3n) is 9.69. The molecule has 0 aliphatic rings. The molecule has 7 heteroatoms. The Kier molecular flexibility index (Phi) is 11.0. The summed E-state index contributed by atoms with van der Waals surface area (Å²) in [5, 5.41) is 3.56. The number of hydrogen-bond donors (Lipinski definition) is 0. The van der Waals surface area contributed by atoms with Crippen molar-refractivity contribution >= 4 is 46.4 Å². The van der Waals surface area contributed by atoms with E-state index >= 15 is 0 Å². The number of benzene rings is 4. The first-order valence-electron chi connectivity index (χ1n) is 18.2. The van der Waals surface area contributed by atoms with Crippen molar-refractivity contribution in [1.29, 1.82) is 0 Å². The summed E-state index contributed by atoms with van der Waals surface area (Å²) in [7, 11) is -1.34. The molecule has 0 spiro atoms. The summed E-state index contributed by atoms with van der Waals surface area (Å²) >= 11 is 0. The zero-order valence-corrected chi connectivity index (χ0v) is 35.4. The molecule has 8 rings (SSSR count). The quantitative estimate of drug-likeness (QED) is 0.123. The number of para-hydroxylation sites is 1. The summed E-state index contributed by atoms with van der Waals surface area (Å²) < 4.78 is 8.72. The van der Waals surface area contributed by atoms with Crippen LogP contribution in [0.2, 0.25) is 19.6 Å². The van der Waals surface area contributed by atoms with E-state index in [-0.39, 0.29) is 26.1 Å². The average molecular weight is 891 g/mol. The summed E-state index contributed by atoms with van der Waals surface area (Å²) in [5.74, 6) is 1.41. The van der Waals surface area contributed by atoms with Gasteiger partial charge in [0, 0.05) is 43.3 Å². The molecule has 0 saturated heterocycles. The average Bonchev–Trinajstić information content (AvgIpc) is 3.73. The number of aryl methyl sites for hydroxylation is 2. The van der Waals surface area contributed by atoms with E-state index in [9.17, 15) is 0 Å². The zero-order valence-electron chi connectivity index (χ0n) is 32.0. The zero-order chi connectivity index (χ0) is 36.7. The number of imidazole rings is 1. The van der Waals surface area contributed by atoms with Crippen LogP contribution in [-0.2, 0) is 20.1 Å². The van der Waals surface area contributed by atoms with E-state index in [1.165, 1.54) is 10.8 Å². The van der Waals surface area contributed by atoms with E-state index in [0.717, 1.165) is 72.4 Å². The van der Waals surface area contributed by atoms with Gasteiger partial charge < -0.3 is 14.0 Å². The molecule has 0 saturated carbocycles. The van der Waals surface area contributed by atoms with Crippen molar-refractivity contribution in [2.45, 2.75) is 73.1 Å². The molecule has 271 valence electrons. The van der Waals surface area contributed by atoms with E-state index < -0.39 is 8.07 Å². The minimum absolute atomic E-state index is 0. The first kappa shape index (κ1) is 38.1. The Morgan fingerprint density at radius 3 is 2.21 bits per heavy atom. The molecule has 4 aromatic heterocycles. The predicted octanol–water partition coefficient (Wildman–Crippen LogP) is 11.9. The fraction of sp³-hybridized carbons (Fsp3) is 0.239. The Hall–Kier alpha value is -4.68. The monoisotopic (exact) mass is 891 g/mol. The van der Waals surface area contributed by atoms with Crippen molar-refractivity contribution < 1.29 is 24.5 Å². The topological polar surface area (TPSA) is 56.7 Å². The van der Waals surface area contributed by atoms with Crippen LogP contribution in [0.3, 0.4) is 0 Å². The van der Waals surface area contributed by atoms with Crippen molar-refractivity contribution in [3.63, 3.8) is 0 Å². The van der Waals surface area contributed by atoms with Gasteiger partial charge in [-0.3, -0.25) is 4.98 Å². The third-order valence-corrected chi connectivity index (χ3v) is 11.7. The van der Waals surface area contributed by atoms with Crippen LogP contribution in [0.1, 0.15) is 56.3 Å². The standard InChI is InChI=1S/C29H24N3O.C17H22NSi.Ir/c1-17(2)32-24-12-8-9-19(4)26(24)31-28(32)22-14-13-18(3)25-21-15-16-23(20-10-6-5-7-11-20)30-29(21)33-27(22)25;1-13(2)15-11-16(14-9-7-6-8-10-14)18-12-17(15)19(3,4)5;/h5-13,15-17H,1-4H3;6-9,11-13H,1-5H3;/q2*-1;. The van der Waals surface area contributed by atoms with Gasteiger partial charge in [-0.25, -0.2) is 4.98 Å². The number of hydrogen-bond acceptors (Lipinski definition) is 4. The van der Waals surface area contributed by atoms with E-state index in [4.69, 9.17) is 14.4 Å². The van der Waals surface area contributed by atoms with Gasteiger partial charge >= 0.3 is 0 Å². The second-order valence-electron chi connectivity index (χ2n) is 15.2. The predicted molar refractivity (Wildman–Crippen MR) is 220 cm³/mol. The van der Waals surface area contributed by atoms with Crippen LogP contribution in [0.25, 0.3) is 67.0 Å². The van der Waals surface area contributed by atoms with Crippen LogP contribution >= 0.6 is 0 Å². The minimum atomic E-state index is -1.34. The molecule has 0 atom stereocenters. The molecule has 0 unspecified atom stereocenters. The van der Waals surface area contributed by atoms with Gasteiger partial charge in [0.1, 0.15) is 0 Å². The van der Waals surface area contributed by atoms with Crippen molar-refractivity contribution in [3.8, 4) is 33.9 Å². The first-order valence-corrected chi connectivity index (χ1v) is 21.7. The van der Waals surface area contributed by atoms with E-state index in [0.29, 0.717) is 11.6 Å². The summed E-state index contributed by atoms with van der Waals surface area (Å²) in [4.78, 5) is 14.6. The van der Waals surface area contributed by atoms with Gasteiger partial charge in [-0.05, 0) is 61.3 Å². The summed E-state index contributed by atoms with van der Waals surface area (Å²) in [6.07, 6.45) is 2.09. The van der Waals surface area contributed by atoms with Crippen molar-refractivity contribution in [2.75, 3.05) is 0 Å². The SMILES string of the molecule is CC(C)c1cc(-c2[c-]cccc2)ncc1[Si](C)(C)C.Cc1cccc2c1nc(-c1[c-]cc(C)c3c1oc1nc(-c4ccccc4)ccc13)n2C(C)C.[Ir]. The summed E-state index contributed by atoms with van der Waals surface area (Å²) in [6.45, 7) is 20.2. The number of pyridine rings is 2. The van der Waals surface area contributed by atoms with Crippen LogP contribution < -0.4 is 5.19 Å². The first-order chi connectivity index (χ1) is 24.9. The second-order valence-corrected chi connectivity index (χ2v) is 20.3. The molecule has 0 fully saturated rings. The van der Waals surface area contributed by atoms with Gasteiger partial charge in [-0.2, -0.15) is 0 Å². The molecule has 53 heavy (non-hydrogen) atoms. The van der Waals surface area contributed by atoms with E-state index in [2.05, 4.69) is 144 Å². The Balaban J connectivity index is 0.000000206. The van der Waals surface area contributed by atoms with E-state index in [1.807, 2.05) is 42.5 Å². The number of nitrogens with zero attached hydrogens (tertiary/aromatic N) is 4. The molecule has 0 aliphatic carbocycles. The number of aromatic nitrogens is 4. The smallest absolute Gasteiger partial charge is 0.216 e. The normalized spacial score (nSPS) is 11.7. The molecule has 0 bridgehead atoms. The Bertz CT molecular complexity index is 2530. The maximum absolute atomic E-state index is 6.45. The van der Waals surface area contributed by atoms with Gasteiger partial charge in [-0.15, -0.1) is 53.6 Å². The molecule has 4 aromatic carbocycles.